The summed E-state index contributed by atoms with van der Waals surface area (Å²) in [6, 6.07) is 18.6. The second-order valence-corrected chi connectivity index (χ2v) is 7.43. The first-order chi connectivity index (χ1) is 14.2. The van der Waals surface area contributed by atoms with Crippen LogP contribution in [0.3, 0.4) is 0 Å². The van der Waals surface area contributed by atoms with E-state index in [0.717, 1.165) is 60.6 Å². The number of piperidine rings is 1. The fraction of sp³-hybridized carbons (Fsp3) is 0.348. The zero-order chi connectivity index (χ0) is 20.2. The van der Waals surface area contributed by atoms with Crippen LogP contribution in [0.25, 0.3) is 22.2 Å². The molecule has 0 atom stereocenters. The Morgan fingerprint density at radius 3 is 2.45 bits per heavy atom. The van der Waals surface area contributed by atoms with Gasteiger partial charge >= 0.3 is 5.97 Å². The molecule has 0 radical (unpaired) electrons. The van der Waals surface area contributed by atoms with Gasteiger partial charge in [-0.25, -0.2) is 9.97 Å². The molecule has 2 aromatic carbocycles. The van der Waals surface area contributed by atoms with Gasteiger partial charge in [0.05, 0.1) is 17.8 Å². The molecule has 3 aromatic rings. The number of rotatable bonds is 6. The predicted molar refractivity (Wildman–Crippen MR) is 115 cm³/mol. The number of carbonyl (C=O) groups is 1. The maximum absolute atomic E-state index is 11.1. The zero-order valence-electron chi connectivity index (χ0n) is 16.7. The highest BCUT2D eigenvalue weighted by Gasteiger charge is 2.26. The van der Waals surface area contributed by atoms with Gasteiger partial charge in [0, 0.05) is 30.1 Å². The SMILES string of the molecule is CCN(CC(=O)O)C1CCN(c2nc(-c3ccccc3)c3ccccc3n2)CC1. The molecule has 1 aliphatic rings. The lowest BCUT2D eigenvalue weighted by molar-refractivity contribution is -0.139. The first-order valence-corrected chi connectivity index (χ1v) is 10.2. The Balaban J connectivity index is 1.60. The molecule has 6 heteroatoms. The van der Waals surface area contributed by atoms with Crippen molar-refractivity contribution in [1.29, 1.82) is 0 Å². The number of para-hydroxylation sites is 1. The maximum atomic E-state index is 11.1. The van der Waals surface area contributed by atoms with Gasteiger partial charge in [0.2, 0.25) is 5.95 Å². The van der Waals surface area contributed by atoms with Gasteiger partial charge in [-0.15, -0.1) is 0 Å². The van der Waals surface area contributed by atoms with E-state index >= 15 is 0 Å². The minimum atomic E-state index is -0.764. The summed E-state index contributed by atoms with van der Waals surface area (Å²) in [7, 11) is 0. The van der Waals surface area contributed by atoms with Gasteiger partial charge in [0.25, 0.3) is 0 Å². The van der Waals surface area contributed by atoms with E-state index in [-0.39, 0.29) is 6.54 Å². The average molecular weight is 390 g/mol. The number of hydrogen-bond donors (Lipinski definition) is 1. The van der Waals surface area contributed by atoms with Gasteiger partial charge < -0.3 is 10.0 Å². The molecule has 150 valence electrons. The van der Waals surface area contributed by atoms with Crippen molar-refractivity contribution in [3.05, 3.63) is 54.6 Å². The largest absolute Gasteiger partial charge is 0.480 e. The lowest BCUT2D eigenvalue weighted by Gasteiger charge is -2.37. The summed E-state index contributed by atoms with van der Waals surface area (Å²) in [5, 5.41) is 10.2. The number of aliphatic carboxylic acids is 1. The molecule has 29 heavy (non-hydrogen) atoms. The molecule has 1 aliphatic heterocycles. The second kappa shape index (κ2) is 8.57. The van der Waals surface area contributed by atoms with Crippen LogP contribution in [0.15, 0.2) is 54.6 Å². The fourth-order valence-corrected chi connectivity index (χ4v) is 4.13. The lowest BCUT2D eigenvalue weighted by Crippen LogP contribution is -2.47. The van der Waals surface area contributed by atoms with Crippen molar-refractivity contribution < 1.29 is 9.90 Å². The molecule has 6 nitrogen and oxygen atoms in total. The van der Waals surface area contributed by atoms with Crippen LogP contribution in [0.1, 0.15) is 19.8 Å². The Kier molecular flexibility index (Phi) is 5.71. The van der Waals surface area contributed by atoms with Crippen molar-refractivity contribution in [2.75, 3.05) is 31.1 Å². The summed E-state index contributed by atoms with van der Waals surface area (Å²) < 4.78 is 0. The molecule has 4 rings (SSSR count). The summed E-state index contributed by atoms with van der Waals surface area (Å²) in [5.41, 5.74) is 2.98. The van der Waals surface area contributed by atoms with Crippen LogP contribution in [0, 0.1) is 0 Å². The highest BCUT2D eigenvalue weighted by molar-refractivity contribution is 5.93. The molecule has 0 amide bonds. The van der Waals surface area contributed by atoms with Crippen LogP contribution in [0.4, 0.5) is 5.95 Å². The topological polar surface area (TPSA) is 69.6 Å². The standard InChI is InChI=1S/C23H26N4O2/c1-2-26(16-21(28)29)18-12-14-27(15-13-18)23-24-20-11-7-6-10-19(20)22(25-23)17-8-4-3-5-9-17/h3-11,18H,2,12-16H2,1H3,(H,28,29). The molecule has 0 unspecified atom stereocenters. The van der Waals surface area contributed by atoms with Crippen molar-refractivity contribution in [1.82, 2.24) is 14.9 Å². The highest BCUT2D eigenvalue weighted by Crippen LogP contribution is 2.29. The Morgan fingerprint density at radius 1 is 1.07 bits per heavy atom. The summed E-state index contributed by atoms with van der Waals surface area (Å²) in [6.45, 7) is 4.53. The number of carboxylic acids is 1. The first kappa shape index (κ1) is 19.3. The lowest BCUT2D eigenvalue weighted by atomic mass is 10.0. The average Bonchev–Trinajstić information content (AvgIpc) is 2.77. The molecule has 0 spiro atoms. The minimum Gasteiger partial charge on any atom is -0.480 e. The zero-order valence-corrected chi connectivity index (χ0v) is 16.7. The van der Waals surface area contributed by atoms with Gasteiger partial charge in [0.1, 0.15) is 0 Å². The van der Waals surface area contributed by atoms with Gasteiger partial charge in [-0.2, -0.15) is 0 Å². The molecule has 1 saturated heterocycles. The third kappa shape index (κ3) is 4.22. The molecule has 1 N–H and O–H groups in total. The number of nitrogens with zero attached hydrogens (tertiary/aromatic N) is 4. The highest BCUT2D eigenvalue weighted by atomic mass is 16.4. The third-order valence-corrected chi connectivity index (χ3v) is 5.65. The van der Waals surface area contributed by atoms with E-state index in [0.29, 0.717) is 6.04 Å². The van der Waals surface area contributed by atoms with Crippen LogP contribution < -0.4 is 4.90 Å². The quantitative estimate of drug-likeness (QED) is 0.693. The van der Waals surface area contributed by atoms with E-state index in [2.05, 4.69) is 28.0 Å². The Hall–Kier alpha value is -2.99. The van der Waals surface area contributed by atoms with Crippen molar-refractivity contribution in [3.63, 3.8) is 0 Å². The van der Waals surface area contributed by atoms with E-state index in [1.807, 2.05) is 43.3 Å². The van der Waals surface area contributed by atoms with Gasteiger partial charge in [0.15, 0.2) is 0 Å². The van der Waals surface area contributed by atoms with Crippen molar-refractivity contribution >= 4 is 22.8 Å². The second-order valence-electron chi connectivity index (χ2n) is 7.43. The number of aromatic nitrogens is 2. The van der Waals surface area contributed by atoms with Gasteiger partial charge in [-0.1, -0.05) is 55.5 Å². The summed E-state index contributed by atoms with van der Waals surface area (Å²) in [5.74, 6) is -0.0121. The van der Waals surface area contributed by atoms with E-state index in [1.54, 1.807) is 0 Å². The van der Waals surface area contributed by atoms with Gasteiger partial charge in [-0.3, -0.25) is 9.69 Å². The van der Waals surface area contributed by atoms with Crippen molar-refractivity contribution in [3.8, 4) is 11.3 Å². The number of anilines is 1. The van der Waals surface area contributed by atoms with E-state index in [9.17, 15) is 4.79 Å². The van der Waals surface area contributed by atoms with Gasteiger partial charge in [-0.05, 0) is 25.5 Å². The normalized spacial score (nSPS) is 15.2. The number of likely N-dealkylation sites (N-methyl/N-ethyl adjacent to an activating group) is 1. The minimum absolute atomic E-state index is 0.103. The number of hydrogen-bond acceptors (Lipinski definition) is 5. The third-order valence-electron chi connectivity index (χ3n) is 5.65. The number of fused-ring (bicyclic) bond motifs is 1. The maximum Gasteiger partial charge on any atom is 0.317 e. The van der Waals surface area contributed by atoms with Crippen molar-refractivity contribution in [2.45, 2.75) is 25.8 Å². The van der Waals surface area contributed by atoms with Crippen LogP contribution in [0.5, 0.6) is 0 Å². The smallest absolute Gasteiger partial charge is 0.317 e. The van der Waals surface area contributed by atoms with Crippen LogP contribution in [0.2, 0.25) is 0 Å². The molecule has 1 aromatic heterocycles. The molecular weight excluding hydrogens is 364 g/mol. The molecule has 0 bridgehead atoms. The summed E-state index contributed by atoms with van der Waals surface area (Å²) in [6.07, 6.45) is 1.83. The van der Waals surface area contributed by atoms with Crippen LogP contribution in [-0.2, 0) is 4.79 Å². The van der Waals surface area contributed by atoms with Crippen molar-refractivity contribution in [2.24, 2.45) is 0 Å². The summed E-state index contributed by atoms with van der Waals surface area (Å²) >= 11 is 0. The van der Waals surface area contributed by atoms with E-state index in [1.165, 1.54) is 0 Å². The Bertz CT molecular complexity index is 985. The van der Waals surface area contributed by atoms with Crippen LogP contribution in [-0.4, -0.2) is 58.2 Å². The fourth-order valence-electron chi connectivity index (χ4n) is 4.13. The first-order valence-electron chi connectivity index (χ1n) is 10.2. The Labute approximate surface area is 170 Å². The van der Waals surface area contributed by atoms with E-state index < -0.39 is 5.97 Å². The van der Waals surface area contributed by atoms with Crippen LogP contribution >= 0.6 is 0 Å². The molecule has 2 heterocycles. The van der Waals surface area contributed by atoms with E-state index in [4.69, 9.17) is 15.1 Å². The summed E-state index contributed by atoms with van der Waals surface area (Å²) in [4.78, 5) is 25.2. The Morgan fingerprint density at radius 2 is 1.76 bits per heavy atom. The molecular formula is C23H26N4O2. The number of carboxylic acid groups (broad SMARTS) is 1. The monoisotopic (exact) mass is 390 g/mol. The predicted octanol–water partition coefficient (Wildman–Crippen LogP) is 3.67. The molecule has 1 fully saturated rings. The molecule has 0 aliphatic carbocycles. The number of benzene rings is 2. The molecule has 0 saturated carbocycles.